The highest BCUT2D eigenvalue weighted by Crippen LogP contribution is 2.15. The first-order valence-corrected chi connectivity index (χ1v) is 7.37. The second-order valence-electron chi connectivity index (χ2n) is 3.67. The molecule has 0 radical (unpaired) electrons. The Bertz CT molecular complexity index is 517. The van der Waals surface area contributed by atoms with Crippen LogP contribution in [0.3, 0.4) is 0 Å². The number of imide groups is 1. The minimum Gasteiger partial charge on any atom is -0.449 e. The Morgan fingerprint density at radius 3 is 2.19 bits per heavy atom. The molecule has 0 saturated heterocycles. The monoisotopic (exact) mass is 358 g/mol. The lowest BCUT2D eigenvalue weighted by Gasteiger charge is -2.18. The molecule has 0 aliphatic heterocycles. The van der Waals surface area contributed by atoms with E-state index in [1.807, 2.05) is 0 Å². The molecule has 1 rings (SSSR count). The highest BCUT2D eigenvalue weighted by molar-refractivity contribution is 9.09. The van der Waals surface area contributed by atoms with Gasteiger partial charge in [0.25, 0.3) is 0 Å². The number of carbonyl (C=O) groups excluding carboxylic acids is 3. The van der Waals surface area contributed by atoms with Gasteiger partial charge in [0.15, 0.2) is 5.78 Å². The third-order valence-electron chi connectivity index (χ3n) is 2.27. The van der Waals surface area contributed by atoms with Crippen LogP contribution in [0.4, 0.5) is 15.4 Å². The summed E-state index contributed by atoms with van der Waals surface area (Å²) in [5.74, 6) is -0.303. The molecule has 114 valence electrons. The number of pyridine rings is 1. The van der Waals surface area contributed by atoms with Gasteiger partial charge in [0, 0.05) is 0 Å². The third-order valence-corrected chi connectivity index (χ3v) is 2.78. The van der Waals surface area contributed by atoms with Crippen molar-refractivity contribution in [1.29, 1.82) is 0 Å². The van der Waals surface area contributed by atoms with Crippen LogP contribution in [0.2, 0.25) is 0 Å². The Labute approximate surface area is 130 Å². The van der Waals surface area contributed by atoms with Gasteiger partial charge in [0.05, 0.1) is 18.5 Å². The van der Waals surface area contributed by atoms with Crippen molar-refractivity contribution in [2.75, 3.05) is 23.4 Å². The van der Waals surface area contributed by atoms with E-state index < -0.39 is 12.2 Å². The number of aromatic nitrogens is 1. The SMILES string of the molecule is CCOC(=O)N(C(=O)OCC)c1cccc(C(=O)CBr)n1. The van der Waals surface area contributed by atoms with Crippen molar-refractivity contribution in [2.24, 2.45) is 0 Å². The van der Waals surface area contributed by atoms with Crippen molar-refractivity contribution in [3.8, 4) is 0 Å². The van der Waals surface area contributed by atoms with E-state index in [1.54, 1.807) is 13.8 Å². The van der Waals surface area contributed by atoms with Crippen molar-refractivity contribution < 1.29 is 23.9 Å². The number of hydrogen-bond donors (Lipinski definition) is 0. The minimum absolute atomic E-state index is 0.0290. The van der Waals surface area contributed by atoms with Crippen molar-refractivity contribution in [3.05, 3.63) is 23.9 Å². The first kappa shape index (κ1) is 17.1. The summed E-state index contributed by atoms with van der Waals surface area (Å²) in [6.07, 6.45) is -1.82. The van der Waals surface area contributed by atoms with E-state index in [2.05, 4.69) is 20.9 Å². The summed E-state index contributed by atoms with van der Waals surface area (Å²) in [7, 11) is 0. The smallest absolute Gasteiger partial charge is 0.425 e. The summed E-state index contributed by atoms with van der Waals surface area (Å²) in [5, 5.41) is 0.0856. The van der Waals surface area contributed by atoms with Crippen LogP contribution in [0, 0.1) is 0 Å². The first-order valence-electron chi connectivity index (χ1n) is 6.25. The molecule has 2 amide bonds. The summed E-state index contributed by atoms with van der Waals surface area (Å²) >= 11 is 3.03. The number of Topliss-reactive ketones (excluding diaryl/α,β-unsaturated/α-hetero) is 1. The number of hydrogen-bond acceptors (Lipinski definition) is 6. The van der Waals surface area contributed by atoms with Gasteiger partial charge in [0.2, 0.25) is 0 Å². The minimum atomic E-state index is -0.910. The molecule has 7 nitrogen and oxygen atoms in total. The second-order valence-corrected chi connectivity index (χ2v) is 4.23. The number of nitrogens with zero attached hydrogens (tertiary/aromatic N) is 2. The van der Waals surface area contributed by atoms with Gasteiger partial charge in [-0.15, -0.1) is 0 Å². The van der Waals surface area contributed by atoms with Crippen molar-refractivity contribution in [3.63, 3.8) is 0 Å². The van der Waals surface area contributed by atoms with E-state index in [1.165, 1.54) is 18.2 Å². The zero-order valence-corrected chi connectivity index (χ0v) is 13.3. The summed E-state index contributed by atoms with van der Waals surface area (Å²) in [4.78, 5) is 40.0. The van der Waals surface area contributed by atoms with Crippen LogP contribution in [-0.4, -0.2) is 41.5 Å². The Morgan fingerprint density at radius 2 is 1.71 bits per heavy atom. The molecular formula is C13H15BrN2O5. The van der Waals surface area contributed by atoms with Crippen LogP contribution in [0.25, 0.3) is 0 Å². The van der Waals surface area contributed by atoms with Crippen LogP contribution in [-0.2, 0) is 9.47 Å². The van der Waals surface area contributed by atoms with Crippen LogP contribution >= 0.6 is 15.9 Å². The molecule has 0 saturated carbocycles. The summed E-state index contributed by atoms with van der Waals surface area (Å²) in [5.41, 5.74) is 0.128. The van der Waals surface area contributed by atoms with Gasteiger partial charge in [-0.05, 0) is 26.0 Å². The quantitative estimate of drug-likeness (QED) is 0.594. The Balaban J connectivity index is 3.16. The molecule has 0 spiro atoms. The predicted octanol–water partition coefficient (Wildman–Crippen LogP) is 2.78. The fourth-order valence-corrected chi connectivity index (χ4v) is 1.70. The second kappa shape index (κ2) is 8.35. The van der Waals surface area contributed by atoms with Gasteiger partial charge in [-0.2, -0.15) is 4.90 Å². The van der Waals surface area contributed by atoms with E-state index in [-0.39, 0.29) is 35.8 Å². The largest absolute Gasteiger partial charge is 0.449 e. The summed E-state index contributed by atoms with van der Waals surface area (Å²) < 4.78 is 9.61. The molecule has 0 unspecified atom stereocenters. The van der Waals surface area contributed by atoms with Crippen LogP contribution in [0.1, 0.15) is 24.3 Å². The van der Waals surface area contributed by atoms with E-state index in [9.17, 15) is 14.4 Å². The van der Waals surface area contributed by atoms with Gasteiger partial charge in [0.1, 0.15) is 11.5 Å². The number of halogens is 1. The van der Waals surface area contributed by atoms with Gasteiger partial charge in [-0.25, -0.2) is 14.6 Å². The van der Waals surface area contributed by atoms with Gasteiger partial charge >= 0.3 is 12.2 Å². The predicted molar refractivity (Wildman–Crippen MR) is 78.9 cm³/mol. The fourth-order valence-electron chi connectivity index (χ4n) is 1.41. The van der Waals surface area contributed by atoms with Crippen molar-refractivity contribution in [1.82, 2.24) is 4.98 Å². The molecule has 1 heterocycles. The van der Waals surface area contributed by atoms with Gasteiger partial charge in [-0.1, -0.05) is 22.0 Å². The maximum atomic E-state index is 11.9. The van der Waals surface area contributed by atoms with E-state index >= 15 is 0 Å². The molecule has 0 aromatic carbocycles. The highest BCUT2D eigenvalue weighted by Gasteiger charge is 2.28. The van der Waals surface area contributed by atoms with Crippen LogP contribution < -0.4 is 4.90 Å². The number of amides is 2. The summed E-state index contributed by atoms with van der Waals surface area (Å²) in [6.45, 7) is 3.41. The molecule has 0 atom stereocenters. The molecule has 21 heavy (non-hydrogen) atoms. The number of ketones is 1. The Kier molecular flexibility index (Phi) is 6.80. The van der Waals surface area contributed by atoms with Gasteiger partial charge in [-0.3, -0.25) is 4.79 Å². The number of anilines is 1. The van der Waals surface area contributed by atoms with Crippen LogP contribution in [0.5, 0.6) is 0 Å². The van der Waals surface area contributed by atoms with Gasteiger partial charge < -0.3 is 9.47 Å². The highest BCUT2D eigenvalue weighted by atomic mass is 79.9. The van der Waals surface area contributed by atoms with E-state index in [0.29, 0.717) is 4.90 Å². The maximum Gasteiger partial charge on any atom is 0.425 e. The average molecular weight is 359 g/mol. The molecule has 1 aromatic rings. The van der Waals surface area contributed by atoms with Crippen LogP contribution in [0.15, 0.2) is 18.2 Å². The number of alkyl halides is 1. The molecular weight excluding hydrogens is 344 g/mol. The van der Waals surface area contributed by atoms with E-state index in [4.69, 9.17) is 9.47 Å². The Morgan fingerprint density at radius 1 is 1.14 bits per heavy atom. The lowest BCUT2D eigenvalue weighted by Crippen LogP contribution is -2.38. The number of ether oxygens (including phenoxy) is 2. The normalized spacial score (nSPS) is 9.86. The standard InChI is InChI=1S/C13H15BrN2O5/c1-3-20-12(18)16(13(19)21-4-2)11-7-5-6-9(15-11)10(17)8-14/h5-7H,3-4,8H2,1-2H3. The molecule has 8 heteroatoms. The van der Waals surface area contributed by atoms with Crippen molar-refractivity contribution >= 4 is 39.7 Å². The lowest BCUT2D eigenvalue weighted by atomic mass is 10.2. The fraction of sp³-hybridized carbons (Fsp3) is 0.385. The zero-order chi connectivity index (χ0) is 15.8. The Hall–Kier alpha value is -1.96. The first-order chi connectivity index (χ1) is 10.0. The number of carbonyl (C=O) groups is 3. The molecule has 1 aromatic heterocycles. The van der Waals surface area contributed by atoms with E-state index in [0.717, 1.165) is 0 Å². The number of rotatable bonds is 5. The molecule has 0 aliphatic carbocycles. The molecule has 0 N–H and O–H groups in total. The molecule has 0 aliphatic rings. The zero-order valence-electron chi connectivity index (χ0n) is 11.7. The topological polar surface area (TPSA) is 85.8 Å². The maximum absolute atomic E-state index is 11.9. The summed E-state index contributed by atoms with van der Waals surface area (Å²) in [6, 6.07) is 4.42. The lowest BCUT2D eigenvalue weighted by molar-refractivity contribution is 0.101. The average Bonchev–Trinajstić information content (AvgIpc) is 2.47. The van der Waals surface area contributed by atoms with Crippen molar-refractivity contribution in [2.45, 2.75) is 13.8 Å². The molecule has 0 bridgehead atoms. The molecule has 0 fully saturated rings. The third kappa shape index (κ3) is 4.52.